The van der Waals surface area contributed by atoms with Gasteiger partial charge in [0.05, 0.1) is 44.8 Å². The average Bonchev–Trinajstić information content (AvgIpc) is 1.64. The van der Waals surface area contributed by atoms with Crippen molar-refractivity contribution >= 4 is 135 Å². The number of aliphatic imine (C=N–C) groups is 4. The van der Waals surface area contributed by atoms with Gasteiger partial charge in [0.15, 0.2) is 0 Å². The molecule has 0 radical (unpaired) electrons. The Morgan fingerprint density at radius 2 is 0.473 bits per heavy atom. The van der Waals surface area contributed by atoms with Crippen molar-refractivity contribution in [1.82, 2.24) is 18.3 Å². The number of fused-ring (bicyclic) bond motifs is 12. The van der Waals surface area contributed by atoms with E-state index >= 15 is 0 Å². The molecule has 0 aliphatic carbocycles. The van der Waals surface area contributed by atoms with Crippen molar-refractivity contribution in [2.24, 2.45) is 20.0 Å². The van der Waals surface area contributed by atoms with Gasteiger partial charge in [0.2, 0.25) is 0 Å². The predicted molar refractivity (Wildman–Crippen MR) is 386 cm³/mol. The van der Waals surface area contributed by atoms with Gasteiger partial charge < -0.3 is 38.7 Å². The largest absolute Gasteiger partial charge is 0.507 e. The molecule has 0 bridgehead atoms. The van der Waals surface area contributed by atoms with Crippen LogP contribution in [0.1, 0.15) is 101 Å². The SMILES string of the molecule is CCCCn1c2ccccc2c2c(C=Nc3ccccc3N=Cc3c(O)ccc4c3c3ccccc3n4CCCC)c(O)ccc21.CCCCn1c2ccccc2c2c(C=Nc3ccccc3N=Cc3c(O)ccc4c3c3ccccc3n4CCCC)c(O)ccc21.[Pt]. The second-order valence-corrected chi connectivity index (χ2v) is 23.7. The number of phenols is 4. The minimum atomic E-state index is 0. The van der Waals surface area contributed by atoms with Crippen molar-refractivity contribution in [2.45, 2.75) is 105 Å². The van der Waals surface area contributed by atoms with Crippen LogP contribution in [0.2, 0.25) is 0 Å². The van der Waals surface area contributed by atoms with Crippen molar-refractivity contribution in [3.63, 3.8) is 0 Å². The quantitative estimate of drug-likeness (QED) is 0.0562. The van der Waals surface area contributed by atoms with Gasteiger partial charge >= 0.3 is 0 Å². The first-order valence-electron chi connectivity index (χ1n) is 32.5. The van der Waals surface area contributed by atoms with Gasteiger partial charge in [0, 0.05) is 160 Å². The molecule has 0 fully saturated rings. The zero-order chi connectivity index (χ0) is 63.2. The number of hydrogen-bond donors (Lipinski definition) is 4. The van der Waals surface area contributed by atoms with Gasteiger partial charge in [-0.2, -0.15) is 0 Å². The number of nitrogens with zero attached hydrogens (tertiary/aromatic N) is 8. The Balaban J connectivity index is 0.000000177. The first kappa shape index (κ1) is 63.1. The number of benzene rings is 10. The number of phenolic OH excluding ortho intramolecular Hbond substituents is 4. The van der Waals surface area contributed by atoms with Gasteiger partial charge in [-0.3, -0.25) is 20.0 Å². The number of para-hydroxylation sites is 8. The Labute approximate surface area is 555 Å². The first-order valence-corrected chi connectivity index (χ1v) is 32.5. The van der Waals surface area contributed by atoms with Gasteiger partial charge in [0.25, 0.3) is 0 Å². The van der Waals surface area contributed by atoms with E-state index in [-0.39, 0.29) is 44.1 Å². The van der Waals surface area contributed by atoms with Crippen molar-refractivity contribution < 1.29 is 41.5 Å². The number of hydrogen-bond acceptors (Lipinski definition) is 8. The van der Waals surface area contributed by atoms with Crippen LogP contribution in [-0.2, 0) is 47.2 Å². The molecular weight excluding hydrogens is 1330 g/mol. The molecule has 13 heteroatoms. The molecule has 14 rings (SSSR count). The molecule has 0 unspecified atom stereocenters. The van der Waals surface area contributed by atoms with Crippen LogP contribution in [0.5, 0.6) is 23.0 Å². The molecular formula is C80H76N8O4Pt. The summed E-state index contributed by atoms with van der Waals surface area (Å²) < 4.78 is 9.37. The molecule has 470 valence electrons. The fourth-order valence-corrected chi connectivity index (χ4v) is 13.3. The summed E-state index contributed by atoms with van der Waals surface area (Å²) in [5, 5.41) is 52.6. The van der Waals surface area contributed by atoms with E-state index in [1.165, 1.54) is 0 Å². The first-order chi connectivity index (χ1) is 45.2. The summed E-state index contributed by atoms with van der Waals surface area (Å²) in [7, 11) is 0. The zero-order valence-corrected chi connectivity index (χ0v) is 55.2. The fraction of sp³-hybridized carbons (Fsp3) is 0.200. The summed E-state index contributed by atoms with van der Waals surface area (Å²) in [6.07, 6.45) is 15.7. The molecule has 4 aromatic heterocycles. The van der Waals surface area contributed by atoms with Gasteiger partial charge in [-0.05, 0) is 123 Å². The Morgan fingerprint density at radius 1 is 0.269 bits per heavy atom. The topological polar surface area (TPSA) is 150 Å². The van der Waals surface area contributed by atoms with E-state index in [9.17, 15) is 20.4 Å². The van der Waals surface area contributed by atoms with Gasteiger partial charge in [-0.1, -0.05) is 150 Å². The molecule has 4 N–H and O–H groups in total. The van der Waals surface area contributed by atoms with E-state index in [1.54, 1.807) is 49.1 Å². The van der Waals surface area contributed by atoms with Gasteiger partial charge in [0.1, 0.15) is 23.0 Å². The van der Waals surface area contributed by atoms with Crippen molar-refractivity contribution in [3.05, 3.63) is 216 Å². The molecule has 14 aromatic rings. The van der Waals surface area contributed by atoms with Crippen molar-refractivity contribution in [1.29, 1.82) is 0 Å². The molecule has 0 saturated carbocycles. The number of aromatic nitrogens is 4. The molecule has 4 heterocycles. The van der Waals surface area contributed by atoms with E-state index in [0.717, 1.165) is 165 Å². The molecule has 0 aliphatic heterocycles. The van der Waals surface area contributed by atoms with E-state index in [0.29, 0.717) is 45.0 Å². The summed E-state index contributed by atoms with van der Waals surface area (Å²) in [6.45, 7) is 12.5. The third kappa shape index (κ3) is 12.1. The monoisotopic (exact) mass is 1410 g/mol. The van der Waals surface area contributed by atoms with Crippen LogP contribution in [0, 0.1) is 0 Å². The molecule has 10 aromatic carbocycles. The summed E-state index contributed by atoms with van der Waals surface area (Å²) in [5.74, 6) is 0.747. The molecule has 0 spiro atoms. The molecule has 0 amide bonds. The maximum Gasteiger partial charge on any atom is 0.125 e. The molecule has 12 nitrogen and oxygen atoms in total. The van der Waals surface area contributed by atoms with Gasteiger partial charge in [-0.15, -0.1) is 0 Å². The maximum absolute atomic E-state index is 11.1. The third-order valence-electron chi connectivity index (χ3n) is 17.9. The molecule has 0 atom stereocenters. The Kier molecular flexibility index (Phi) is 19.2. The van der Waals surface area contributed by atoms with Crippen LogP contribution in [-0.4, -0.2) is 63.6 Å². The number of aryl methyl sites for hydroxylation is 4. The predicted octanol–water partition coefficient (Wildman–Crippen LogP) is 20.8. The zero-order valence-electron chi connectivity index (χ0n) is 53.0. The smallest absolute Gasteiger partial charge is 0.125 e. The van der Waals surface area contributed by atoms with Crippen LogP contribution < -0.4 is 0 Å². The fourth-order valence-electron chi connectivity index (χ4n) is 13.3. The maximum atomic E-state index is 11.1. The second kappa shape index (κ2) is 28.2. The second-order valence-electron chi connectivity index (χ2n) is 23.7. The van der Waals surface area contributed by atoms with Crippen molar-refractivity contribution in [3.8, 4) is 23.0 Å². The van der Waals surface area contributed by atoms with Crippen LogP contribution in [0.4, 0.5) is 22.7 Å². The van der Waals surface area contributed by atoms with Gasteiger partial charge in [-0.25, -0.2) is 0 Å². The minimum Gasteiger partial charge on any atom is -0.507 e. The number of unbranched alkanes of at least 4 members (excludes halogenated alkanes) is 4. The van der Waals surface area contributed by atoms with Crippen LogP contribution in [0.15, 0.2) is 214 Å². The Bertz CT molecular complexity index is 4550. The van der Waals surface area contributed by atoms with Crippen molar-refractivity contribution in [2.75, 3.05) is 0 Å². The normalized spacial score (nSPS) is 12.1. The minimum absolute atomic E-state index is 0. The number of aromatic hydroxyl groups is 4. The summed E-state index contributed by atoms with van der Waals surface area (Å²) in [6, 6.07) is 63.9. The van der Waals surface area contributed by atoms with E-state index in [4.69, 9.17) is 20.0 Å². The summed E-state index contributed by atoms with van der Waals surface area (Å²) in [4.78, 5) is 19.5. The van der Waals surface area contributed by atoms with E-state index in [1.807, 2.05) is 97.1 Å². The Hall–Kier alpha value is -10.0. The van der Waals surface area contributed by atoms with Crippen LogP contribution >= 0.6 is 0 Å². The van der Waals surface area contributed by atoms with E-state index in [2.05, 4.69) is 119 Å². The third-order valence-corrected chi connectivity index (χ3v) is 17.9. The summed E-state index contributed by atoms with van der Waals surface area (Å²) in [5.41, 5.74) is 14.4. The number of rotatable bonds is 20. The molecule has 93 heavy (non-hydrogen) atoms. The Morgan fingerprint density at radius 3 is 0.688 bits per heavy atom. The summed E-state index contributed by atoms with van der Waals surface area (Å²) >= 11 is 0. The molecule has 0 saturated heterocycles. The van der Waals surface area contributed by atoms with Crippen LogP contribution in [0.25, 0.3) is 87.2 Å². The van der Waals surface area contributed by atoms with Crippen LogP contribution in [0.3, 0.4) is 0 Å². The molecule has 0 aliphatic rings. The van der Waals surface area contributed by atoms with E-state index < -0.39 is 0 Å². The standard InChI is InChI=1S/2C40H38N4O2.Pt/c2*1-3-5-23-43-33-17-11-7-13-27(33)39-29(37(45)21-19-35(39)43)25-41-31-15-9-10-16-32(31)42-26-30-38(46)22-20-36-40(30)28-14-8-12-18-34(28)44(36)24-6-4-2;/h2*7-22,25-26,45-46H,3-6,23-24H2,1-2H3;. The average molecular weight is 1410 g/mol.